The van der Waals surface area contributed by atoms with Gasteiger partial charge in [0.05, 0.1) is 25.8 Å². The second-order valence-electron chi connectivity index (χ2n) is 6.40. The standard InChI is InChI=1S/C17H23NO5/c1-17(2,3)23-16(20)18-9-10-22-14(11-18)12-5-7-13(8-6-12)15(19)21-4/h5-8,14H,9-11H2,1-4H3. The van der Waals surface area contributed by atoms with E-state index in [2.05, 4.69) is 4.74 Å². The summed E-state index contributed by atoms with van der Waals surface area (Å²) >= 11 is 0. The Labute approximate surface area is 136 Å². The molecule has 1 saturated heterocycles. The summed E-state index contributed by atoms with van der Waals surface area (Å²) in [5.41, 5.74) is 0.870. The van der Waals surface area contributed by atoms with E-state index in [0.29, 0.717) is 25.3 Å². The fraction of sp³-hybridized carbons (Fsp3) is 0.529. The van der Waals surface area contributed by atoms with Gasteiger partial charge in [-0.2, -0.15) is 0 Å². The number of carbonyl (C=O) groups is 2. The Kier molecular flexibility index (Phi) is 5.26. The predicted octanol–water partition coefficient (Wildman–Crippen LogP) is 2.78. The number of esters is 1. The number of hydrogen-bond acceptors (Lipinski definition) is 5. The van der Waals surface area contributed by atoms with Gasteiger partial charge in [0.25, 0.3) is 0 Å². The lowest BCUT2D eigenvalue weighted by Crippen LogP contribution is -2.44. The topological polar surface area (TPSA) is 65.1 Å². The van der Waals surface area contributed by atoms with Crippen molar-refractivity contribution in [3.8, 4) is 0 Å². The van der Waals surface area contributed by atoms with E-state index in [9.17, 15) is 9.59 Å². The molecule has 0 radical (unpaired) electrons. The molecule has 1 unspecified atom stereocenters. The van der Waals surface area contributed by atoms with Gasteiger partial charge in [0.2, 0.25) is 0 Å². The largest absolute Gasteiger partial charge is 0.465 e. The number of carbonyl (C=O) groups excluding carboxylic acids is 2. The van der Waals surface area contributed by atoms with Crippen molar-refractivity contribution in [2.24, 2.45) is 0 Å². The van der Waals surface area contributed by atoms with Crippen LogP contribution in [-0.4, -0.2) is 49.4 Å². The van der Waals surface area contributed by atoms with Crippen LogP contribution in [0, 0.1) is 0 Å². The molecule has 6 heteroatoms. The highest BCUT2D eigenvalue weighted by Gasteiger charge is 2.28. The van der Waals surface area contributed by atoms with Crippen molar-refractivity contribution in [2.45, 2.75) is 32.5 Å². The smallest absolute Gasteiger partial charge is 0.410 e. The highest BCUT2D eigenvalue weighted by atomic mass is 16.6. The van der Waals surface area contributed by atoms with Gasteiger partial charge in [-0.25, -0.2) is 9.59 Å². The molecular formula is C17H23NO5. The molecule has 1 aliphatic heterocycles. The van der Waals surface area contributed by atoms with Crippen LogP contribution in [0.3, 0.4) is 0 Å². The average molecular weight is 321 g/mol. The summed E-state index contributed by atoms with van der Waals surface area (Å²) in [5, 5.41) is 0. The summed E-state index contributed by atoms with van der Waals surface area (Å²) in [6.07, 6.45) is -0.569. The number of morpholine rings is 1. The maximum Gasteiger partial charge on any atom is 0.410 e. The summed E-state index contributed by atoms with van der Waals surface area (Å²) in [6, 6.07) is 7.01. The summed E-state index contributed by atoms with van der Waals surface area (Å²) < 4.78 is 15.8. The first-order valence-corrected chi connectivity index (χ1v) is 7.58. The number of methoxy groups -OCH3 is 1. The van der Waals surface area contributed by atoms with E-state index < -0.39 is 5.60 Å². The lowest BCUT2D eigenvalue weighted by Gasteiger charge is -2.34. The van der Waals surface area contributed by atoms with Crippen LogP contribution in [-0.2, 0) is 14.2 Å². The van der Waals surface area contributed by atoms with Crippen molar-refractivity contribution in [2.75, 3.05) is 26.8 Å². The van der Waals surface area contributed by atoms with Gasteiger partial charge in [0.1, 0.15) is 11.7 Å². The molecule has 1 atom stereocenters. The van der Waals surface area contributed by atoms with Gasteiger partial charge in [0.15, 0.2) is 0 Å². The van der Waals surface area contributed by atoms with Gasteiger partial charge >= 0.3 is 12.1 Å². The zero-order chi connectivity index (χ0) is 17.0. The molecule has 0 aromatic heterocycles. The molecule has 2 rings (SSSR count). The SMILES string of the molecule is COC(=O)c1ccc(C2CN(C(=O)OC(C)(C)C)CCO2)cc1. The Balaban J connectivity index is 2.03. The summed E-state index contributed by atoms with van der Waals surface area (Å²) in [5.74, 6) is -0.378. The molecule has 0 aliphatic carbocycles. The zero-order valence-corrected chi connectivity index (χ0v) is 14.0. The van der Waals surface area contributed by atoms with Crippen LogP contribution in [0.5, 0.6) is 0 Å². The Morgan fingerprint density at radius 1 is 1.22 bits per heavy atom. The van der Waals surface area contributed by atoms with E-state index >= 15 is 0 Å². The summed E-state index contributed by atoms with van der Waals surface area (Å²) in [6.45, 7) is 6.90. The predicted molar refractivity (Wildman–Crippen MR) is 84.3 cm³/mol. The van der Waals surface area contributed by atoms with Crippen molar-refractivity contribution in [1.29, 1.82) is 0 Å². The zero-order valence-electron chi connectivity index (χ0n) is 14.0. The number of benzene rings is 1. The number of nitrogens with zero attached hydrogens (tertiary/aromatic N) is 1. The third kappa shape index (κ3) is 4.69. The minimum absolute atomic E-state index is 0.233. The van der Waals surface area contributed by atoms with E-state index in [1.807, 2.05) is 32.9 Å². The molecule has 0 saturated carbocycles. The highest BCUT2D eigenvalue weighted by molar-refractivity contribution is 5.89. The molecule has 0 spiro atoms. The normalized spacial score (nSPS) is 18.4. The van der Waals surface area contributed by atoms with Crippen LogP contribution in [0.1, 0.15) is 42.8 Å². The monoisotopic (exact) mass is 321 g/mol. The summed E-state index contributed by atoms with van der Waals surface area (Å²) in [7, 11) is 1.35. The Morgan fingerprint density at radius 3 is 2.43 bits per heavy atom. The lowest BCUT2D eigenvalue weighted by atomic mass is 10.1. The van der Waals surface area contributed by atoms with Gasteiger partial charge in [-0.05, 0) is 38.5 Å². The number of amides is 1. The van der Waals surface area contributed by atoms with E-state index in [1.165, 1.54) is 7.11 Å². The Bertz CT molecular complexity index is 561. The first-order chi connectivity index (χ1) is 10.8. The number of rotatable bonds is 2. The lowest BCUT2D eigenvalue weighted by molar-refractivity contribution is -0.0432. The van der Waals surface area contributed by atoms with Gasteiger partial charge in [-0.1, -0.05) is 12.1 Å². The fourth-order valence-corrected chi connectivity index (χ4v) is 2.29. The van der Waals surface area contributed by atoms with Crippen LogP contribution in [0.15, 0.2) is 24.3 Å². The van der Waals surface area contributed by atoms with Gasteiger partial charge < -0.3 is 19.1 Å². The second-order valence-corrected chi connectivity index (χ2v) is 6.40. The average Bonchev–Trinajstić information content (AvgIpc) is 2.53. The molecule has 126 valence electrons. The molecule has 0 bridgehead atoms. The van der Waals surface area contributed by atoms with E-state index in [-0.39, 0.29) is 18.2 Å². The van der Waals surface area contributed by atoms with Gasteiger partial charge in [0, 0.05) is 6.54 Å². The van der Waals surface area contributed by atoms with Gasteiger partial charge in [-0.15, -0.1) is 0 Å². The van der Waals surface area contributed by atoms with Crippen LogP contribution < -0.4 is 0 Å². The molecule has 23 heavy (non-hydrogen) atoms. The van der Waals surface area contributed by atoms with Crippen LogP contribution in [0.2, 0.25) is 0 Å². The molecular weight excluding hydrogens is 298 g/mol. The van der Waals surface area contributed by atoms with Gasteiger partial charge in [-0.3, -0.25) is 0 Å². The van der Waals surface area contributed by atoms with Crippen LogP contribution in [0.25, 0.3) is 0 Å². The molecule has 1 aromatic rings. The van der Waals surface area contributed by atoms with Crippen molar-refractivity contribution in [3.63, 3.8) is 0 Å². The molecule has 1 heterocycles. The van der Waals surface area contributed by atoms with Crippen molar-refractivity contribution in [1.82, 2.24) is 4.90 Å². The maximum atomic E-state index is 12.2. The first kappa shape index (κ1) is 17.3. The molecule has 6 nitrogen and oxygen atoms in total. The van der Waals surface area contributed by atoms with E-state index in [1.54, 1.807) is 17.0 Å². The summed E-state index contributed by atoms with van der Waals surface area (Å²) in [4.78, 5) is 25.3. The van der Waals surface area contributed by atoms with Crippen LogP contribution >= 0.6 is 0 Å². The molecule has 1 aliphatic rings. The minimum Gasteiger partial charge on any atom is -0.465 e. The van der Waals surface area contributed by atoms with E-state index in [0.717, 1.165) is 5.56 Å². The third-order valence-corrected chi connectivity index (χ3v) is 3.42. The first-order valence-electron chi connectivity index (χ1n) is 7.58. The van der Waals surface area contributed by atoms with E-state index in [4.69, 9.17) is 9.47 Å². The highest BCUT2D eigenvalue weighted by Crippen LogP contribution is 2.24. The number of ether oxygens (including phenoxy) is 3. The van der Waals surface area contributed by atoms with Crippen molar-refractivity contribution < 1.29 is 23.8 Å². The minimum atomic E-state index is -0.521. The Hall–Kier alpha value is -2.08. The third-order valence-electron chi connectivity index (χ3n) is 3.42. The van der Waals surface area contributed by atoms with Crippen LogP contribution in [0.4, 0.5) is 4.79 Å². The maximum absolute atomic E-state index is 12.2. The Morgan fingerprint density at radius 2 is 1.87 bits per heavy atom. The second kappa shape index (κ2) is 7.00. The number of hydrogen-bond donors (Lipinski definition) is 0. The quantitative estimate of drug-likeness (QED) is 0.784. The van der Waals surface area contributed by atoms with Crippen molar-refractivity contribution in [3.05, 3.63) is 35.4 Å². The van der Waals surface area contributed by atoms with Crippen molar-refractivity contribution >= 4 is 12.1 Å². The molecule has 1 amide bonds. The fourth-order valence-electron chi connectivity index (χ4n) is 2.29. The molecule has 1 fully saturated rings. The molecule has 1 aromatic carbocycles. The molecule has 0 N–H and O–H groups in total.